The minimum atomic E-state index is -0.679. The fourth-order valence-electron chi connectivity index (χ4n) is 3.35. The van der Waals surface area contributed by atoms with Gasteiger partial charge in [-0.15, -0.1) is 0 Å². The number of esters is 1. The quantitative estimate of drug-likeness (QED) is 0.744. The van der Waals surface area contributed by atoms with Gasteiger partial charge in [0.1, 0.15) is 0 Å². The van der Waals surface area contributed by atoms with Crippen LogP contribution in [0.3, 0.4) is 0 Å². The Hall–Kier alpha value is -3.09. The standard InChI is InChI=1S/C21H24N2O5/c1-14-7-2-4-9-16(14)22-19(24)13-28-21(26)15-8-3-5-10-17(15)23-20(25)18-11-6-12-27-18/h3,5-6,8,10-12,14,16H,2,4,7,9,13H2,1H3,(H,22,24)(H,23,25)/t14-,16+/m0/s1. The van der Waals surface area contributed by atoms with Crippen molar-refractivity contribution in [3.8, 4) is 0 Å². The van der Waals surface area contributed by atoms with E-state index in [4.69, 9.17) is 9.15 Å². The van der Waals surface area contributed by atoms with Gasteiger partial charge in [0.2, 0.25) is 0 Å². The maximum Gasteiger partial charge on any atom is 0.340 e. The number of benzene rings is 1. The van der Waals surface area contributed by atoms with Crippen LogP contribution in [-0.4, -0.2) is 30.4 Å². The van der Waals surface area contributed by atoms with Crippen molar-refractivity contribution < 1.29 is 23.5 Å². The number of furan rings is 1. The van der Waals surface area contributed by atoms with Gasteiger partial charge in [0.25, 0.3) is 11.8 Å². The largest absolute Gasteiger partial charge is 0.459 e. The molecular weight excluding hydrogens is 360 g/mol. The lowest BCUT2D eigenvalue weighted by Crippen LogP contribution is -2.42. The molecule has 2 atom stereocenters. The molecule has 1 aromatic carbocycles. The van der Waals surface area contributed by atoms with Crippen LogP contribution >= 0.6 is 0 Å². The smallest absolute Gasteiger partial charge is 0.340 e. The van der Waals surface area contributed by atoms with Gasteiger partial charge in [0.05, 0.1) is 17.5 Å². The summed E-state index contributed by atoms with van der Waals surface area (Å²) in [5, 5.41) is 5.56. The first kappa shape index (κ1) is 19.7. The molecule has 0 spiro atoms. The van der Waals surface area contributed by atoms with Crippen molar-refractivity contribution in [3.05, 3.63) is 54.0 Å². The first-order valence-corrected chi connectivity index (χ1v) is 9.45. The number of para-hydroxylation sites is 1. The summed E-state index contributed by atoms with van der Waals surface area (Å²) in [6.45, 7) is 1.76. The minimum Gasteiger partial charge on any atom is -0.459 e. The van der Waals surface area contributed by atoms with Gasteiger partial charge in [-0.1, -0.05) is 31.9 Å². The highest BCUT2D eigenvalue weighted by molar-refractivity contribution is 6.06. The Kier molecular flexibility index (Phi) is 6.47. The molecule has 0 unspecified atom stereocenters. The van der Waals surface area contributed by atoms with Crippen LogP contribution in [0.25, 0.3) is 0 Å². The lowest BCUT2D eigenvalue weighted by molar-refractivity contribution is -0.125. The fraction of sp³-hybridized carbons (Fsp3) is 0.381. The van der Waals surface area contributed by atoms with E-state index in [2.05, 4.69) is 17.6 Å². The summed E-state index contributed by atoms with van der Waals surface area (Å²) < 4.78 is 10.2. The van der Waals surface area contributed by atoms with E-state index in [1.54, 1.807) is 24.3 Å². The fourth-order valence-corrected chi connectivity index (χ4v) is 3.35. The zero-order chi connectivity index (χ0) is 19.9. The van der Waals surface area contributed by atoms with Crippen molar-refractivity contribution >= 4 is 23.5 Å². The van der Waals surface area contributed by atoms with Gasteiger partial charge in [-0.2, -0.15) is 0 Å². The molecule has 0 saturated heterocycles. The maximum atomic E-state index is 12.4. The Labute approximate surface area is 163 Å². The summed E-state index contributed by atoms with van der Waals surface area (Å²) in [4.78, 5) is 36.7. The number of hydrogen-bond acceptors (Lipinski definition) is 5. The lowest BCUT2D eigenvalue weighted by atomic mass is 9.86. The molecule has 3 rings (SSSR count). The van der Waals surface area contributed by atoms with Crippen molar-refractivity contribution in [2.45, 2.75) is 38.6 Å². The Morgan fingerprint density at radius 1 is 1.11 bits per heavy atom. The number of anilines is 1. The molecule has 1 aliphatic carbocycles. The number of carbonyl (C=O) groups is 3. The first-order valence-electron chi connectivity index (χ1n) is 9.45. The number of nitrogens with one attached hydrogen (secondary N) is 2. The molecule has 1 aromatic heterocycles. The third-order valence-corrected chi connectivity index (χ3v) is 4.93. The second-order valence-corrected chi connectivity index (χ2v) is 6.99. The SMILES string of the molecule is C[C@H]1CCCC[C@H]1NC(=O)COC(=O)c1ccccc1NC(=O)c1ccco1. The van der Waals surface area contributed by atoms with E-state index in [1.165, 1.54) is 24.8 Å². The van der Waals surface area contributed by atoms with Crippen LogP contribution in [0.2, 0.25) is 0 Å². The Balaban J connectivity index is 1.57. The zero-order valence-electron chi connectivity index (χ0n) is 15.8. The molecule has 7 heteroatoms. The van der Waals surface area contributed by atoms with Crippen LogP contribution in [0, 0.1) is 5.92 Å². The minimum absolute atomic E-state index is 0.125. The molecule has 2 aromatic rings. The highest BCUT2D eigenvalue weighted by Crippen LogP contribution is 2.23. The molecule has 0 radical (unpaired) electrons. The van der Waals surface area contributed by atoms with E-state index in [-0.39, 0.29) is 35.6 Å². The molecule has 2 N–H and O–H groups in total. The molecule has 2 amide bonds. The number of ether oxygens (including phenoxy) is 1. The van der Waals surface area contributed by atoms with Gasteiger partial charge < -0.3 is 19.8 Å². The highest BCUT2D eigenvalue weighted by atomic mass is 16.5. The van der Waals surface area contributed by atoms with E-state index < -0.39 is 11.9 Å². The molecule has 1 saturated carbocycles. The van der Waals surface area contributed by atoms with Crippen LogP contribution in [-0.2, 0) is 9.53 Å². The molecule has 7 nitrogen and oxygen atoms in total. The van der Waals surface area contributed by atoms with Crippen molar-refractivity contribution in [1.82, 2.24) is 5.32 Å². The molecule has 1 aliphatic rings. The third kappa shape index (κ3) is 5.00. The van der Waals surface area contributed by atoms with Crippen LogP contribution < -0.4 is 10.6 Å². The number of amides is 2. The Morgan fingerprint density at radius 3 is 2.64 bits per heavy atom. The highest BCUT2D eigenvalue weighted by Gasteiger charge is 2.23. The van der Waals surface area contributed by atoms with Gasteiger partial charge in [0, 0.05) is 6.04 Å². The normalized spacial score (nSPS) is 18.9. The summed E-state index contributed by atoms with van der Waals surface area (Å²) in [6.07, 6.45) is 5.71. The second-order valence-electron chi connectivity index (χ2n) is 6.99. The van der Waals surface area contributed by atoms with Crippen LogP contribution in [0.15, 0.2) is 47.1 Å². The average molecular weight is 384 g/mol. The van der Waals surface area contributed by atoms with Gasteiger partial charge in [-0.05, 0) is 43.0 Å². The molecule has 28 heavy (non-hydrogen) atoms. The Bertz CT molecular complexity index is 831. The maximum absolute atomic E-state index is 12.4. The average Bonchev–Trinajstić information content (AvgIpc) is 3.23. The van der Waals surface area contributed by atoms with Gasteiger partial charge in [-0.3, -0.25) is 9.59 Å². The van der Waals surface area contributed by atoms with Gasteiger partial charge >= 0.3 is 5.97 Å². The predicted molar refractivity (Wildman–Crippen MR) is 103 cm³/mol. The molecule has 1 heterocycles. The summed E-state index contributed by atoms with van der Waals surface area (Å²) >= 11 is 0. The zero-order valence-corrected chi connectivity index (χ0v) is 15.8. The van der Waals surface area contributed by atoms with Crippen LogP contribution in [0.5, 0.6) is 0 Å². The van der Waals surface area contributed by atoms with E-state index >= 15 is 0 Å². The first-order chi connectivity index (χ1) is 13.5. The van der Waals surface area contributed by atoms with Crippen molar-refractivity contribution in [3.63, 3.8) is 0 Å². The third-order valence-electron chi connectivity index (χ3n) is 4.93. The van der Waals surface area contributed by atoms with Crippen LogP contribution in [0.1, 0.15) is 53.5 Å². The van der Waals surface area contributed by atoms with E-state index in [1.807, 2.05) is 0 Å². The van der Waals surface area contributed by atoms with Crippen molar-refractivity contribution in [2.75, 3.05) is 11.9 Å². The summed E-state index contributed by atoms with van der Waals surface area (Å²) in [5.41, 5.74) is 0.455. The van der Waals surface area contributed by atoms with Crippen molar-refractivity contribution in [2.24, 2.45) is 5.92 Å². The summed E-state index contributed by atoms with van der Waals surface area (Å²) in [7, 11) is 0. The molecule has 0 aliphatic heterocycles. The summed E-state index contributed by atoms with van der Waals surface area (Å²) in [6, 6.07) is 9.70. The topological polar surface area (TPSA) is 97.6 Å². The number of rotatable bonds is 6. The monoisotopic (exact) mass is 384 g/mol. The van der Waals surface area contributed by atoms with E-state index in [9.17, 15) is 14.4 Å². The molecular formula is C21H24N2O5. The molecule has 148 valence electrons. The predicted octanol–water partition coefficient (Wildman–Crippen LogP) is 3.38. The van der Waals surface area contributed by atoms with E-state index in [0.29, 0.717) is 5.92 Å². The van der Waals surface area contributed by atoms with Crippen LogP contribution in [0.4, 0.5) is 5.69 Å². The summed E-state index contributed by atoms with van der Waals surface area (Å²) in [5.74, 6) is -0.921. The molecule has 1 fully saturated rings. The Morgan fingerprint density at radius 2 is 1.89 bits per heavy atom. The van der Waals surface area contributed by atoms with Gasteiger partial charge in [-0.25, -0.2) is 4.79 Å². The van der Waals surface area contributed by atoms with Crippen molar-refractivity contribution in [1.29, 1.82) is 0 Å². The van der Waals surface area contributed by atoms with Gasteiger partial charge in [0.15, 0.2) is 12.4 Å². The van der Waals surface area contributed by atoms with E-state index in [0.717, 1.165) is 19.3 Å². The lowest BCUT2D eigenvalue weighted by Gasteiger charge is -2.29. The molecule has 0 bridgehead atoms. The number of carbonyl (C=O) groups excluding carboxylic acids is 3. The second kappa shape index (κ2) is 9.21. The number of hydrogen-bond donors (Lipinski definition) is 2.